The minimum Gasteiger partial charge on any atom is -0.374 e. The predicted octanol–water partition coefficient (Wildman–Crippen LogP) is 1.81. The van der Waals surface area contributed by atoms with E-state index in [1.807, 2.05) is 60.7 Å². The number of carbonyl (C=O) groups excluding carboxylic acids is 2. The molecule has 36 heavy (non-hydrogen) atoms. The van der Waals surface area contributed by atoms with Crippen molar-refractivity contribution in [1.29, 1.82) is 0 Å². The number of aromatic nitrogens is 2. The number of nitrogens with one attached hydrogen (secondary N) is 3. The molecular formula is C27H33N5O4. The molecule has 5 N–H and O–H groups in total. The predicted molar refractivity (Wildman–Crippen MR) is 136 cm³/mol. The fraction of sp³-hybridized carbons (Fsp3) is 0.370. The van der Waals surface area contributed by atoms with Gasteiger partial charge < -0.3 is 25.8 Å². The standard InChI is InChI=1S/C27H33N5O4/c1-27(2,28)26(35)29-21(17-36-16-19-11-7-4-8-12-19)25(34)32-14-13-20-23(24(33)31-30-20)22(32)15-18-9-5-3-6-10-18/h3-12,21-22H,13-17,28H2,1-2H3,(H,29,35)(H2,30,31,33)/t21-,22-/m1/s1. The maximum Gasteiger partial charge on any atom is 0.269 e. The topological polar surface area (TPSA) is 133 Å². The van der Waals surface area contributed by atoms with Crippen LogP contribution in [0.15, 0.2) is 65.5 Å². The van der Waals surface area contributed by atoms with E-state index in [2.05, 4.69) is 15.5 Å². The van der Waals surface area contributed by atoms with Crippen LogP contribution in [0.2, 0.25) is 0 Å². The lowest BCUT2D eigenvalue weighted by Gasteiger charge is -2.38. The molecule has 2 heterocycles. The molecule has 4 rings (SSSR count). The second kappa shape index (κ2) is 10.9. The Morgan fingerprint density at radius 3 is 2.36 bits per heavy atom. The summed E-state index contributed by atoms with van der Waals surface area (Å²) in [4.78, 5) is 41.1. The van der Waals surface area contributed by atoms with Crippen molar-refractivity contribution in [3.63, 3.8) is 0 Å². The summed E-state index contributed by atoms with van der Waals surface area (Å²) in [6, 6.07) is 17.9. The van der Waals surface area contributed by atoms with E-state index in [1.165, 1.54) is 0 Å². The van der Waals surface area contributed by atoms with Gasteiger partial charge in [-0.25, -0.2) is 0 Å². The summed E-state index contributed by atoms with van der Waals surface area (Å²) in [5, 5.41) is 8.39. The Balaban J connectivity index is 1.59. The molecule has 1 aliphatic heterocycles. The Hall–Kier alpha value is -3.69. The number of fused-ring (bicyclic) bond motifs is 1. The van der Waals surface area contributed by atoms with Gasteiger partial charge in [-0.2, -0.15) is 0 Å². The molecule has 2 aromatic carbocycles. The summed E-state index contributed by atoms with van der Waals surface area (Å²) < 4.78 is 5.86. The molecule has 2 amide bonds. The SMILES string of the molecule is CC(C)(N)C(=O)N[C@H](COCc1ccccc1)C(=O)N1CCc2[nH][nH]c(=O)c2[C@H]1Cc1ccccc1. The Bertz CT molecular complexity index is 1230. The molecule has 2 atom stereocenters. The summed E-state index contributed by atoms with van der Waals surface area (Å²) in [5.74, 6) is -0.770. The molecule has 190 valence electrons. The van der Waals surface area contributed by atoms with E-state index in [0.717, 1.165) is 16.8 Å². The number of hydrogen-bond acceptors (Lipinski definition) is 5. The van der Waals surface area contributed by atoms with Crippen LogP contribution >= 0.6 is 0 Å². The van der Waals surface area contributed by atoms with Crippen LogP contribution in [-0.4, -0.2) is 51.6 Å². The van der Waals surface area contributed by atoms with Gasteiger partial charge >= 0.3 is 0 Å². The highest BCUT2D eigenvalue weighted by Gasteiger charge is 2.38. The highest BCUT2D eigenvalue weighted by atomic mass is 16.5. The molecule has 1 aromatic heterocycles. The smallest absolute Gasteiger partial charge is 0.269 e. The van der Waals surface area contributed by atoms with Crippen LogP contribution in [0.1, 0.15) is 42.3 Å². The number of hydrogen-bond donors (Lipinski definition) is 4. The first-order valence-electron chi connectivity index (χ1n) is 12.1. The van der Waals surface area contributed by atoms with Crippen molar-refractivity contribution in [2.45, 2.75) is 50.9 Å². The van der Waals surface area contributed by atoms with Crippen molar-refractivity contribution in [2.24, 2.45) is 5.73 Å². The summed E-state index contributed by atoms with van der Waals surface area (Å²) in [5.41, 5.74) is 7.88. The molecule has 0 saturated carbocycles. The minimum absolute atomic E-state index is 0.0273. The highest BCUT2D eigenvalue weighted by Crippen LogP contribution is 2.30. The number of nitrogens with zero attached hydrogens (tertiary/aromatic N) is 1. The molecular weight excluding hydrogens is 458 g/mol. The lowest BCUT2D eigenvalue weighted by molar-refractivity contribution is -0.141. The Labute approximate surface area is 210 Å². The highest BCUT2D eigenvalue weighted by molar-refractivity contribution is 5.91. The molecule has 1 aliphatic rings. The van der Waals surface area contributed by atoms with E-state index < -0.39 is 23.5 Å². The molecule has 0 spiro atoms. The monoisotopic (exact) mass is 491 g/mol. The molecule has 0 bridgehead atoms. The van der Waals surface area contributed by atoms with E-state index in [4.69, 9.17) is 10.5 Å². The average molecular weight is 492 g/mol. The number of nitrogens with two attached hydrogens (primary N) is 1. The number of rotatable bonds is 9. The molecule has 0 saturated heterocycles. The zero-order chi connectivity index (χ0) is 25.7. The molecule has 3 aromatic rings. The second-order valence-corrected chi connectivity index (χ2v) is 9.71. The number of carbonyl (C=O) groups is 2. The Kier molecular flexibility index (Phi) is 7.71. The first-order valence-corrected chi connectivity index (χ1v) is 12.1. The third-order valence-electron chi connectivity index (χ3n) is 6.35. The molecule has 0 unspecified atom stereocenters. The van der Waals surface area contributed by atoms with E-state index in [0.29, 0.717) is 31.6 Å². The number of amides is 2. The van der Waals surface area contributed by atoms with Crippen LogP contribution in [0.25, 0.3) is 0 Å². The maximum absolute atomic E-state index is 13.9. The van der Waals surface area contributed by atoms with Gasteiger partial charge in [0, 0.05) is 18.7 Å². The lowest BCUT2D eigenvalue weighted by atomic mass is 9.92. The fourth-order valence-corrected chi connectivity index (χ4v) is 4.40. The number of benzene rings is 2. The van der Waals surface area contributed by atoms with Crippen molar-refractivity contribution < 1.29 is 14.3 Å². The molecule has 0 radical (unpaired) electrons. The first-order chi connectivity index (χ1) is 17.2. The van der Waals surface area contributed by atoms with E-state index in [9.17, 15) is 14.4 Å². The molecule has 9 heteroatoms. The number of ether oxygens (including phenoxy) is 1. The molecule has 0 fully saturated rings. The Morgan fingerprint density at radius 2 is 1.72 bits per heavy atom. The van der Waals surface area contributed by atoms with Gasteiger partial charge in [0.25, 0.3) is 5.56 Å². The average Bonchev–Trinajstić information content (AvgIpc) is 3.25. The number of H-pyrrole nitrogens is 2. The lowest BCUT2D eigenvalue weighted by Crippen LogP contribution is -2.59. The van der Waals surface area contributed by atoms with Crippen LogP contribution in [0.4, 0.5) is 0 Å². The van der Waals surface area contributed by atoms with Crippen LogP contribution in [0, 0.1) is 0 Å². The van der Waals surface area contributed by atoms with Gasteiger partial charge in [-0.3, -0.25) is 19.5 Å². The Morgan fingerprint density at radius 1 is 1.08 bits per heavy atom. The maximum atomic E-state index is 13.9. The fourth-order valence-electron chi connectivity index (χ4n) is 4.40. The summed E-state index contributed by atoms with van der Waals surface area (Å²) in [6.45, 7) is 3.83. The quantitative estimate of drug-likeness (QED) is 0.362. The second-order valence-electron chi connectivity index (χ2n) is 9.71. The summed E-state index contributed by atoms with van der Waals surface area (Å²) >= 11 is 0. The zero-order valence-electron chi connectivity index (χ0n) is 20.6. The van der Waals surface area contributed by atoms with Crippen molar-refractivity contribution >= 4 is 11.8 Å². The van der Waals surface area contributed by atoms with E-state index in [1.54, 1.807) is 18.7 Å². The largest absolute Gasteiger partial charge is 0.374 e. The van der Waals surface area contributed by atoms with Gasteiger partial charge in [-0.1, -0.05) is 60.7 Å². The zero-order valence-corrected chi connectivity index (χ0v) is 20.6. The van der Waals surface area contributed by atoms with Gasteiger partial charge in [0.2, 0.25) is 11.8 Å². The minimum atomic E-state index is -1.17. The summed E-state index contributed by atoms with van der Waals surface area (Å²) in [6.07, 6.45) is 0.966. The van der Waals surface area contributed by atoms with Crippen molar-refractivity contribution in [2.75, 3.05) is 13.2 Å². The first kappa shape index (κ1) is 25.4. The van der Waals surface area contributed by atoms with Gasteiger partial charge in [-0.15, -0.1) is 0 Å². The van der Waals surface area contributed by atoms with Gasteiger partial charge in [0.15, 0.2) is 0 Å². The van der Waals surface area contributed by atoms with Crippen molar-refractivity contribution in [1.82, 2.24) is 20.4 Å². The number of aromatic amines is 2. The van der Waals surface area contributed by atoms with Crippen LogP contribution < -0.4 is 16.6 Å². The third kappa shape index (κ3) is 5.92. The normalized spacial score (nSPS) is 16.3. The van der Waals surface area contributed by atoms with Gasteiger partial charge in [0.1, 0.15) is 6.04 Å². The van der Waals surface area contributed by atoms with E-state index >= 15 is 0 Å². The van der Waals surface area contributed by atoms with Crippen LogP contribution in [0.5, 0.6) is 0 Å². The van der Waals surface area contributed by atoms with Crippen LogP contribution in [0.3, 0.4) is 0 Å². The summed E-state index contributed by atoms with van der Waals surface area (Å²) in [7, 11) is 0. The third-order valence-corrected chi connectivity index (χ3v) is 6.35. The van der Waals surface area contributed by atoms with Crippen molar-refractivity contribution in [3.8, 4) is 0 Å². The molecule has 9 nitrogen and oxygen atoms in total. The van der Waals surface area contributed by atoms with Crippen molar-refractivity contribution in [3.05, 3.63) is 93.4 Å². The van der Waals surface area contributed by atoms with Gasteiger partial charge in [0.05, 0.1) is 30.4 Å². The van der Waals surface area contributed by atoms with Crippen LogP contribution in [-0.2, 0) is 33.8 Å². The molecule has 0 aliphatic carbocycles. The van der Waals surface area contributed by atoms with Gasteiger partial charge in [-0.05, 0) is 31.4 Å². The van der Waals surface area contributed by atoms with E-state index in [-0.39, 0.29) is 18.1 Å².